The number of nitrogens with zero attached hydrogens (tertiary/aromatic N) is 5. The topological polar surface area (TPSA) is 62.4 Å². The van der Waals surface area contributed by atoms with Gasteiger partial charge in [0.05, 0.1) is 55.6 Å². The summed E-state index contributed by atoms with van der Waals surface area (Å²) in [6.07, 6.45) is 0. The van der Waals surface area contributed by atoms with Crippen LogP contribution in [0.1, 0.15) is 11.1 Å². The standard InChI is InChI=1S/C50H29N5/c51-30-34-27-26-33(32-12-9-14-36(28-32)53-43-21-5-3-17-39(43)41-19-10-13-35(31-52)49(41)53)29-48(34)55-46-24-8-4-18-40(46)42-20-11-25-47(50(42)55)54-44-22-6-1-15-37(44)38-16-2-7-23-45(38)54/h1-29H. The molecule has 3 heterocycles. The molecule has 0 fully saturated rings. The molecule has 11 rings (SSSR count). The molecule has 0 bridgehead atoms. The number of hydrogen-bond donors (Lipinski definition) is 0. The summed E-state index contributed by atoms with van der Waals surface area (Å²) in [6, 6.07) is 65.9. The van der Waals surface area contributed by atoms with Gasteiger partial charge in [0.25, 0.3) is 0 Å². The number of benzene rings is 8. The highest BCUT2D eigenvalue weighted by molar-refractivity contribution is 6.15. The zero-order valence-corrected chi connectivity index (χ0v) is 29.5. The summed E-state index contributed by atoms with van der Waals surface area (Å²) < 4.78 is 6.84. The number of nitriles is 2. The van der Waals surface area contributed by atoms with Crippen LogP contribution < -0.4 is 0 Å². The average molecular weight is 700 g/mol. The third kappa shape index (κ3) is 4.39. The first-order valence-corrected chi connectivity index (χ1v) is 18.3. The number of fused-ring (bicyclic) bond motifs is 9. The van der Waals surface area contributed by atoms with Crippen molar-refractivity contribution in [2.45, 2.75) is 0 Å². The third-order valence-corrected chi connectivity index (χ3v) is 11.1. The molecule has 11 aromatic rings. The summed E-state index contributed by atoms with van der Waals surface area (Å²) in [5.41, 5.74) is 12.3. The minimum Gasteiger partial charge on any atom is -0.308 e. The van der Waals surface area contributed by atoms with Crippen molar-refractivity contribution in [3.63, 3.8) is 0 Å². The number of aromatic nitrogens is 3. The highest BCUT2D eigenvalue weighted by atomic mass is 15.1. The van der Waals surface area contributed by atoms with E-state index in [0.717, 1.165) is 82.8 Å². The Hall–Kier alpha value is -7.86. The van der Waals surface area contributed by atoms with Crippen molar-refractivity contribution in [3.8, 4) is 40.3 Å². The van der Waals surface area contributed by atoms with Gasteiger partial charge in [0.15, 0.2) is 0 Å². The molecule has 0 spiro atoms. The van der Waals surface area contributed by atoms with Crippen LogP contribution in [0, 0.1) is 22.7 Å². The summed E-state index contributed by atoms with van der Waals surface area (Å²) in [7, 11) is 0. The Kier molecular flexibility index (Phi) is 6.61. The van der Waals surface area contributed by atoms with Crippen molar-refractivity contribution in [2.75, 3.05) is 0 Å². The van der Waals surface area contributed by atoms with Crippen molar-refractivity contribution in [3.05, 3.63) is 187 Å². The van der Waals surface area contributed by atoms with Gasteiger partial charge in [-0.05, 0) is 71.8 Å². The molecule has 0 amide bonds. The average Bonchev–Trinajstić information content (AvgIpc) is 3.89. The van der Waals surface area contributed by atoms with Gasteiger partial charge in [0.1, 0.15) is 12.1 Å². The van der Waals surface area contributed by atoms with Gasteiger partial charge in [-0.15, -0.1) is 0 Å². The van der Waals surface area contributed by atoms with Crippen molar-refractivity contribution < 1.29 is 0 Å². The molecule has 0 atom stereocenters. The van der Waals surface area contributed by atoms with Crippen molar-refractivity contribution in [1.82, 2.24) is 13.7 Å². The monoisotopic (exact) mass is 699 g/mol. The summed E-state index contributed by atoms with van der Waals surface area (Å²) in [5.74, 6) is 0. The Morgan fingerprint density at radius 1 is 0.327 bits per heavy atom. The maximum atomic E-state index is 10.7. The Bertz CT molecular complexity index is 3420. The van der Waals surface area contributed by atoms with E-state index in [1.807, 2.05) is 36.4 Å². The van der Waals surface area contributed by atoms with Crippen molar-refractivity contribution in [1.29, 1.82) is 10.5 Å². The van der Waals surface area contributed by atoms with Crippen molar-refractivity contribution >= 4 is 65.4 Å². The summed E-state index contributed by atoms with van der Waals surface area (Å²) >= 11 is 0. The predicted molar refractivity (Wildman–Crippen MR) is 224 cm³/mol. The molecule has 0 aliphatic carbocycles. The maximum Gasteiger partial charge on any atom is 0.101 e. The molecular weight excluding hydrogens is 671 g/mol. The molecule has 5 nitrogen and oxygen atoms in total. The summed E-state index contributed by atoms with van der Waals surface area (Å²) in [6.45, 7) is 0. The lowest BCUT2D eigenvalue weighted by Crippen LogP contribution is -2.03. The van der Waals surface area contributed by atoms with E-state index in [0.29, 0.717) is 11.1 Å². The molecule has 0 radical (unpaired) electrons. The Labute approximate surface area is 316 Å². The fourth-order valence-electron chi connectivity index (χ4n) is 8.81. The van der Waals surface area contributed by atoms with Gasteiger partial charge in [-0.2, -0.15) is 10.5 Å². The van der Waals surface area contributed by atoms with Crippen LogP contribution in [0.2, 0.25) is 0 Å². The fourth-order valence-corrected chi connectivity index (χ4v) is 8.81. The maximum absolute atomic E-state index is 10.7. The molecule has 0 saturated heterocycles. The first-order chi connectivity index (χ1) is 27.2. The molecule has 0 aliphatic rings. The molecule has 0 N–H and O–H groups in total. The van der Waals surface area contributed by atoms with E-state index in [2.05, 4.69) is 165 Å². The zero-order chi connectivity index (χ0) is 36.6. The quantitative estimate of drug-likeness (QED) is 0.184. The molecule has 254 valence electrons. The highest BCUT2D eigenvalue weighted by Crippen LogP contribution is 2.41. The molecule has 0 aliphatic heterocycles. The molecular formula is C50H29N5. The first kappa shape index (κ1) is 30.7. The second-order valence-corrected chi connectivity index (χ2v) is 14.0. The van der Waals surface area contributed by atoms with Gasteiger partial charge in [0, 0.05) is 38.0 Å². The van der Waals surface area contributed by atoms with E-state index < -0.39 is 0 Å². The second-order valence-electron chi connectivity index (χ2n) is 14.0. The fraction of sp³-hybridized carbons (Fsp3) is 0. The summed E-state index contributed by atoms with van der Waals surface area (Å²) in [4.78, 5) is 0. The summed E-state index contributed by atoms with van der Waals surface area (Å²) in [5, 5.41) is 27.6. The second kappa shape index (κ2) is 11.8. The smallest absolute Gasteiger partial charge is 0.101 e. The Morgan fingerprint density at radius 3 is 1.45 bits per heavy atom. The lowest BCUT2D eigenvalue weighted by Gasteiger charge is -2.16. The number of rotatable bonds is 4. The van der Waals surface area contributed by atoms with E-state index >= 15 is 0 Å². The van der Waals surface area contributed by atoms with E-state index in [-0.39, 0.29) is 0 Å². The Balaban J connectivity index is 1.18. The van der Waals surface area contributed by atoms with Crippen LogP contribution in [0.3, 0.4) is 0 Å². The largest absolute Gasteiger partial charge is 0.308 e. The van der Waals surface area contributed by atoms with E-state index in [1.54, 1.807) is 0 Å². The van der Waals surface area contributed by atoms with Gasteiger partial charge in [-0.3, -0.25) is 0 Å². The van der Waals surface area contributed by atoms with Crippen LogP contribution in [-0.4, -0.2) is 13.7 Å². The number of hydrogen-bond acceptors (Lipinski definition) is 2. The predicted octanol–water partition coefficient (Wildman–Crippen LogP) is 12.4. The minimum absolute atomic E-state index is 0.584. The van der Waals surface area contributed by atoms with E-state index in [9.17, 15) is 10.5 Å². The molecule has 0 unspecified atom stereocenters. The highest BCUT2D eigenvalue weighted by Gasteiger charge is 2.22. The first-order valence-electron chi connectivity index (χ1n) is 18.3. The van der Waals surface area contributed by atoms with Crippen LogP contribution in [0.15, 0.2) is 176 Å². The van der Waals surface area contributed by atoms with Crippen LogP contribution in [0.4, 0.5) is 0 Å². The van der Waals surface area contributed by atoms with E-state index in [4.69, 9.17) is 0 Å². The van der Waals surface area contributed by atoms with Gasteiger partial charge < -0.3 is 13.7 Å². The third-order valence-electron chi connectivity index (χ3n) is 11.1. The van der Waals surface area contributed by atoms with Crippen molar-refractivity contribution in [2.24, 2.45) is 0 Å². The van der Waals surface area contributed by atoms with Gasteiger partial charge >= 0.3 is 0 Å². The molecule has 8 aromatic carbocycles. The van der Waals surface area contributed by atoms with Crippen LogP contribution in [-0.2, 0) is 0 Å². The SMILES string of the molecule is N#Cc1ccc(-c2cccc(-n3c4ccccc4c4cccc(C#N)c43)c2)cc1-n1c2ccccc2c2cccc(-n3c4ccccc4c4ccccc43)c21. The lowest BCUT2D eigenvalue weighted by molar-refractivity contribution is 1.12. The van der Waals surface area contributed by atoms with Gasteiger partial charge in [-0.25, -0.2) is 0 Å². The van der Waals surface area contributed by atoms with Crippen LogP contribution >= 0.6 is 0 Å². The molecule has 55 heavy (non-hydrogen) atoms. The van der Waals surface area contributed by atoms with Crippen LogP contribution in [0.5, 0.6) is 0 Å². The molecule has 0 saturated carbocycles. The van der Waals surface area contributed by atoms with E-state index in [1.165, 1.54) is 10.8 Å². The van der Waals surface area contributed by atoms with Crippen LogP contribution in [0.25, 0.3) is 93.6 Å². The normalized spacial score (nSPS) is 11.6. The lowest BCUT2D eigenvalue weighted by atomic mass is 10.0. The Morgan fingerprint density at radius 2 is 0.818 bits per heavy atom. The zero-order valence-electron chi connectivity index (χ0n) is 29.5. The van der Waals surface area contributed by atoms with Gasteiger partial charge in [-0.1, -0.05) is 115 Å². The molecule has 3 aromatic heterocycles. The molecule has 5 heteroatoms. The number of para-hydroxylation sites is 6. The van der Waals surface area contributed by atoms with Gasteiger partial charge in [0.2, 0.25) is 0 Å². The minimum atomic E-state index is 0.584.